The van der Waals surface area contributed by atoms with Crippen molar-refractivity contribution in [3.8, 4) is 0 Å². The topological polar surface area (TPSA) is 9.34 Å². The van der Waals surface area contributed by atoms with Crippen molar-refractivity contribution in [2.24, 2.45) is 0 Å². The lowest BCUT2D eigenvalue weighted by Gasteiger charge is -2.16. The molecule has 0 N–H and O–H groups in total. The maximum atomic E-state index is 2.51. The van der Waals surface area contributed by atoms with E-state index < -0.39 is 0 Å². The molecule has 2 nitrogen and oxygen atoms in total. The lowest BCUT2D eigenvalue weighted by atomic mass is 10.1. The number of hydrogen-bond donors (Lipinski definition) is 0. The summed E-state index contributed by atoms with van der Waals surface area (Å²) in [6.45, 7) is 5.65. The minimum absolute atomic E-state index is 1.21. The van der Waals surface area contributed by atoms with E-state index in [1.807, 2.05) is 0 Å². The van der Waals surface area contributed by atoms with Crippen LogP contribution in [-0.4, -0.2) is 8.97 Å². The van der Waals surface area contributed by atoms with Crippen LogP contribution in [0.2, 0.25) is 0 Å². The predicted molar refractivity (Wildman–Crippen MR) is 119 cm³/mol. The Labute approximate surface area is 166 Å². The van der Waals surface area contributed by atoms with Crippen LogP contribution in [0.25, 0.3) is 27.3 Å². The lowest BCUT2D eigenvalue weighted by Crippen LogP contribution is -2.09. The SMILES string of the molecule is Cc1c2ccccc2n2ccccc12.Cc1c2n(c3ccccc13)CCCC2. The van der Waals surface area contributed by atoms with Gasteiger partial charge in [-0.1, -0.05) is 42.5 Å². The van der Waals surface area contributed by atoms with Crippen LogP contribution in [0.3, 0.4) is 0 Å². The molecule has 2 heteroatoms. The first-order chi connectivity index (χ1) is 13.8. The van der Waals surface area contributed by atoms with Crippen LogP contribution < -0.4 is 0 Å². The minimum atomic E-state index is 1.21. The highest BCUT2D eigenvalue weighted by Gasteiger charge is 2.15. The van der Waals surface area contributed by atoms with Gasteiger partial charge in [-0.25, -0.2) is 0 Å². The number of pyridine rings is 1. The highest BCUT2D eigenvalue weighted by Crippen LogP contribution is 2.29. The quantitative estimate of drug-likeness (QED) is 0.289. The molecule has 0 unspecified atom stereocenters. The van der Waals surface area contributed by atoms with Gasteiger partial charge in [0.15, 0.2) is 0 Å². The number of fused-ring (bicyclic) bond motifs is 6. The van der Waals surface area contributed by atoms with Gasteiger partial charge in [0.2, 0.25) is 0 Å². The maximum absolute atomic E-state index is 2.51. The number of aryl methyl sites for hydroxylation is 3. The zero-order valence-electron chi connectivity index (χ0n) is 16.7. The maximum Gasteiger partial charge on any atom is 0.0531 e. The van der Waals surface area contributed by atoms with Crippen molar-refractivity contribution in [2.75, 3.05) is 0 Å². The monoisotopic (exact) mass is 366 g/mol. The predicted octanol–water partition coefficient (Wildman–Crippen LogP) is 6.69. The lowest BCUT2D eigenvalue weighted by molar-refractivity contribution is 0.542. The molecule has 28 heavy (non-hydrogen) atoms. The van der Waals surface area contributed by atoms with Gasteiger partial charge in [-0.3, -0.25) is 0 Å². The summed E-state index contributed by atoms with van der Waals surface area (Å²) in [7, 11) is 0. The third-order valence-electron chi connectivity index (χ3n) is 6.21. The molecule has 0 saturated heterocycles. The summed E-state index contributed by atoms with van der Waals surface area (Å²) in [6, 6.07) is 23.6. The van der Waals surface area contributed by atoms with Gasteiger partial charge < -0.3 is 8.97 Å². The zero-order valence-corrected chi connectivity index (χ0v) is 16.7. The van der Waals surface area contributed by atoms with Crippen molar-refractivity contribution in [2.45, 2.75) is 39.7 Å². The number of para-hydroxylation sites is 2. The summed E-state index contributed by atoms with van der Waals surface area (Å²) >= 11 is 0. The first kappa shape index (κ1) is 17.1. The Morgan fingerprint density at radius 3 is 2.11 bits per heavy atom. The molecule has 0 saturated carbocycles. The number of hydrogen-bond acceptors (Lipinski definition) is 0. The molecule has 0 aliphatic carbocycles. The molecule has 140 valence electrons. The van der Waals surface area contributed by atoms with Crippen molar-refractivity contribution in [3.63, 3.8) is 0 Å². The second kappa shape index (κ2) is 6.87. The van der Waals surface area contributed by atoms with Gasteiger partial charge in [-0.15, -0.1) is 0 Å². The van der Waals surface area contributed by atoms with Gasteiger partial charge in [0.1, 0.15) is 0 Å². The van der Waals surface area contributed by atoms with Crippen LogP contribution in [0.5, 0.6) is 0 Å². The molecule has 0 fully saturated rings. The summed E-state index contributed by atoms with van der Waals surface area (Å²) in [6.07, 6.45) is 6.08. The summed E-state index contributed by atoms with van der Waals surface area (Å²) in [5, 5.41) is 2.79. The second-order valence-corrected chi connectivity index (χ2v) is 7.80. The van der Waals surface area contributed by atoms with E-state index in [0.717, 1.165) is 0 Å². The molecular formula is C26H26N2. The zero-order chi connectivity index (χ0) is 19.1. The van der Waals surface area contributed by atoms with E-state index in [1.54, 1.807) is 5.69 Å². The van der Waals surface area contributed by atoms with Crippen molar-refractivity contribution < 1.29 is 0 Å². The third-order valence-corrected chi connectivity index (χ3v) is 6.21. The highest BCUT2D eigenvalue weighted by atomic mass is 15.0. The van der Waals surface area contributed by atoms with E-state index in [-0.39, 0.29) is 0 Å². The Morgan fingerprint density at radius 1 is 0.643 bits per heavy atom. The first-order valence-electron chi connectivity index (χ1n) is 10.3. The molecule has 0 radical (unpaired) electrons. The molecule has 0 spiro atoms. The minimum Gasteiger partial charge on any atom is -0.344 e. The van der Waals surface area contributed by atoms with E-state index in [1.165, 1.54) is 64.3 Å². The van der Waals surface area contributed by atoms with Crippen molar-refractivity contribution in [3.05, 3.63) is 89.7 Å². The normalized spacial score (nSPS) is 13.5. The summed E-state index contributed by atoms with van der Waals surface area (Å²) in [5.74, 6) is 0. The molecule has 0 bridgehead atoms. The molecule has 5 aromatic rings. The van der Waals surface area contributed by atoms with Gasteiger partial charge in [0.25, 0.3) is 0 Å². The number of rotatable bonds is 0. The van der Waals surface area contributed by atoms with E-state index >= 15 is 0 Å². The largest absolute Gasteiger partial charge is 0.344 e. The van der Waals surface area contributed by atoms with Crippen molar-refractivity contribution in [1.29, 1.82) is 0 Å². The Hall–Kier alpha value is -3.00. The van der Waals surface area contributed by atoms with E-state index in [9.17, 15) is 0 Å². The number of aromatic nitrogens is 2. The summed E-state index contributed by atoms with van der Waals surface area (Å²) in [5.41, 5.74) is 8.45. The molecule has 1 aliphatic rings. The van der Waals surface area contributed by atoms with Crippen LogP contribution in [0.15, 0.2) is 72.9 Å². The average molecular weight is 367 g/mol. The Bertz CT molecular complexity index is 1230. The Morgan fingerprint density at radius 2 is 1.29 bits per heavy atom. The van der Waals surface area contributed by atoms with Crippen LogP contribution >= 0.6 is 0 Å². The molecule has 2 aromatic carbocycles. The van der Waals surface area contributed by atoms with Crippen molar-refractivity contribution >= 4 is 27.3 Å². The number of benzene rings is 2. The molecule has 3 aromatic heterocycles. The smallest absolute Gasteiger partial charge is 0.0531 e. The standard InChI is InChI=1S/C13H15N.C13H11N/c2*1-10-11-6-2-3-8-13(11)14-9-5-4-7-12(10)14/h2-3,6,8H,4-5,7,9H2,1H3;2-9H,1H3. The summed E-state index contributed by atoms with van der Waals surface area (Å²) in [4.78, 5) is 0. The molecule has 0 atom stereocenters. The van der Waals surface area contributed by atoms with Gasteiger partial charge in [-0.05, 0) is 68.5 Å². The summed E-state index contributed by atoms with van der Waals surface area (Å²) < 4.78 is 4.75. The van der Waals surface area contributed by atoms with E-state index in [4.69, 9.17) is 0 Å². The van der Waals surface area contributed by atoms with E-state index in [2.05, 4.69) is 95.7 Å². The van der Waals surface area contributed by atoms with Gasteiger partial charge in [0.05, 0.1) is 5.52 Å². The van der Waals surface area contributed by atoms with Crippen molar-refractivity contribution in [1.82, 2.24) is 8.97 Å². The Balaban J connectivity index is 0.000000122. The third kappa shape index (κ3) is 2.63. The fourth-order valence-corrected chi connectivity index (χ4v) is 4.77. The fourth-order valence-electron chi connectivity index (χ4n) is 4.77. The van der Waals surface area contributed by atoms with Crippen LogP contribution in [0.1, 0.15) is 29.7 Å². The van der Waals surface area contributed by atoms with Crippen LogP contribution in [0, 0.1) is 13.8 Å². The molecule has 1 aliphatic heterocycles. The fraction of sp³-hybridized carbons (Fsp3) is 0.231. The van der Waals surface area contributed by atoms with Gasteiger partial charge >= 0.3 is 0 Å². The van der Waals surface area contributed by atoms with Gasteiger partial charge in [0, 0.05) is 40.2 Å². The second-order valence-electron chi connectivity index (χ2n) is 7.80. The molecular weight excluding hydrogens is 340 g/mol. The average Bonchev–Trinajstić information content (AvgIpc) is 3.22. The van der Waals surface area contributed by atoms with Crippen LogP contribution in [-0.2, 0) is 13.0 Å². The van der Waals surface area contributed by atoms with Gasteiger partial charge in [-0.2, -0.15) is 0 Å². The highest BCUT2D eigenvalue weighted by molar-refractivity contribution is 5.91. The van der Waals surface area contributed by atoms with E-state index in [0.29, 0.717) is 0 Å². The molecule has 0 amide bonds. The molecule has 4 heterocycles. The first-order valence-corrected chi connectivity index (χ1v) is 10.3. The van der Waals surface area contributed by atoms with Crippen LogP contribution in [0.4, 0.5) is 0 Å². The molecule has 6 rings (SSSR count). The number of nitrogens with zero attached hydrogens (tertiary/aromatic N) is 2. The Kier molecular flexibility index (Phi) is 4.20.